The highest BCUT2D eigenvalue weighted by atomic mass is 32.1. The lowest BCUT2D eigenvalue weighted by atomic mass is 9.97. The molecule has 45 heavy (non-hydrogen) atoms. The van der Waals surface area contributed by atoms with E-state index in [2.05, 4.69) is 127 Å². The van der Waals surface area contributed by atoms with E-state index in [-0.39, 0.29) is 0 Å². The highest BCUT2D eigenvalue weighted by Gasteiger charge is 2.17. The van der Waals surface area contributed by atoms with Crippen LogP contribution in [-0.4, -0.2) is 15.0 Å². The standard InChI is InChI=1S/C41H25N3S/c1-4-12-26(13-5-1)35-25-36(44-41(43-35)28-16-8-3-9-17-28)29-20-23-37-33(24-29)30-21-22-32-38(40(30)45-37)31-18-10-11-19-34(31)42-39(32)27-14-6-2-7-15-27/h1-25H. The van der Waals surface area contributed by atoms with E-state index in [1.54, 1.807) is 0 Å². The van der Waals surface area contributed by atoms with Gasteiger partial charge in [0.05, 0.1) is 22.6 Å². The second-order valence-electron chi connectivity index (χ2n) is 11.2. The fraction of sp³-hybridized carbons (Fsp3) is 0. The third kappa shape index (κ3) is 4.38. The average Bonchev–Trinajstić information content (AvgIpc) is 3.50. The van der Waals surface area contributed by atoms with Crippen LogP contribution in [0.3, 0.4) is 0 Å². The van der Waals surface area contributed by atoms with Gasteiger partial charge < -0.3 is 0 Å². The molecule has 0 saturated carbocycles. The van der Waals surface area contributed by atoms with Gasteiger partial charge in [-0.05, 0) is 24.3 Å². The molecule has 0 aliphatic carbocycles. The van der Waals surface area contributed by atoms with Crippen LogP contribution < -0.4 is 0 Å². The van der Waals surface area contributed by atoms with Gasteiger partial charge in [-0.3, -0.25) is 0 Å². The van der Waals surface area contributed by atoms with Gasteiger partial charge in [0.2, 0.25) is 0 Å². The molecule has 4 heteroatoms. The van der Waals surface area contributed by atoms with Crippen molar-refractivity contribution in [3.05, 3.63) is 152 Å². The van der Waals surface area contributed by atoms with Crippen LogP contribution in [0.25, 0.3) is 87.0 Å². The Bertz CT molecular complexity index is 2460. The quantitative estimate of drug-likeness (QED) is 0.191. The summed E-state index contributed by atoms with van der Waals surface area (Å²) < 4.78 is 2.54. The Morgan fingerprint density at radius 3 is 1.78 bits per heavy atom. The van der Waals surface area contributed by atoms with Crippen molar-refractivity contribution in [1.82, 2.24) is 15.0 Å². The number of thiophene rings is 1. The minimum atomic E-state index is 0.723. The first-order valence-corrected chi connectivity index (χ1v) is 15.9. The van der Waals surface area contributed by atoms with Crippen molar-refractivity contribution in [2.24, 2.45) is 0 Å². The van der Waals surface area contributed by atoms with Crippen LogP contribution in [0.4, 0.5) is 0 Å². The zero-order valence-electron chi connectivity index (χ0n) is 24.2. The van der Waals surface area contributed by atoms with Gasteiger partial charge in [0.15, 0.2) is 5.82 Å². The summed E-state index contributed by atoms with van der Waals surface area (Å²) in [5.74, 6) is 0.723. The number of hydrogen-bond donors (Lipinski definition) is 0. The van der Waals surface area contributed by atoms with Crippen LogP contribution in [0.5, 0.6) is 0 Å². The molecule has 9 rings (SSSR count). The van der Waals surface area contributed by atoms with Crippen LogP contribution in [0.1, 0.15) is 0 Å². The first kappa shape index (κ1) is 25.8. The summed E-state index contributed by atoms with van der Waals surface area (Å²) in [6.45, 7) is 0. The van der Waals surface area contributed by atoms with E-state index in [0.717, 1.165) is 50.7 Å². The van der Waals surface area contributed by atoms with Gasteiger partial charge >= 0.3 is 0 Å². The summed E-state index contributed by atoms with van der Waals surface area (Å²) >= 11 is 1.85. The lowest BCUT2D eigenvalue weighted by Gasteiger charge is -2.11. The average molecular weight is 592 g/mol. The number of aromatic nitrogens is 3. The van der Waals surface area contributed by atoms with Gasteiger partial charge in [-0.1, -0.05) is 127 Å². The highest BCUT2D eigenvalue weighted by Crippen LogP contribution is 2.44. The largest absolute Gasteiger partial charge is 0.247 e. The third-order valence-electron chi connectivity index (χ3n) is 8.47. The molecule has 0 amide bonds. The van der Waals surface area contributed by atoms with E-state index in [4.69, 9.17) is 15.0 Å². The first-order chi connectivity index (χ1) is 22.3. The highest BCUT2D eigenvalue weighted by molar-refractivity contribution is 7.26. The molecule has 0 aliphatic heterocycles. The van der Waals surface area contributed by atoms with Crippen molar-refractivity contribution in [3.8, 4) is 45.2 Å². The van der Waals surface area contributed by atoms with E-state index in [0.29, 0.717) is 0 Å². The molecule has 210 valence electrons. The number of benzene rings is 6. The molecule has 3 heterocycles. The minimum absolute atomic E-state index is 0.723. The molecule has 0 N–H and O–H groups in total. The monoisotopic (exact) mass is 591 g/mol. The molecule has 3 nitrogen and oxygen atoms in total. The maximum absolute atomic E-state index is 5.14. The van der Waals surface area contributed by atoms with Gasteiger partial charge in [-0.15, -0.1) is 11.3 Å². The maximum atomic E-state index is 5.14. The molecule has 6 aromatic carbocycles. The van der Waals surface area contributed by atoms with Crippen molar-refractivity contribution >= 4 is 53.2 Å². The fourth-order valence-electron chi connectivity index (χ4n) is 6.31. The number of fused-ring (bicyclic) bond motifs is 7. The van der Waals surface area contributed by atoms with Crippen LogP contribution >= 0.6 is 11.3 Å². The molecule has 3 aromatic heterocycles. The molecule has 9 aromatic rings. The van der Waals surface area contributed by atoms with Gasteiger partial charge in [-0.2, -0.15) is 0 Å². The Hall–Kier alpha value is -5.71. The van der Waals surface area contributed by atoms with E-state index >= 15 is 0 Å². The lowest BCUT2D eigenvalue weighted by Crippen LogP contribution is -1.95. The number of rotatable bonds is 4. The smallest absolute Gasteiger partial charge is 0.160 e. The molecule has 0 aliphatic rings. The molecular weight excluding hydrogens is 567 g/mol. The normalized spacial score (nSPS) is 11.6. The van der Waals surface area contributed by atoms with E-state index in [1.807, 2.05) is 35.6 Å². The van der Waals surface area contributed by atoms with Crippen molar-refractivity contribution in [3.63, 3.8) is 0 Å². The Morgan fingerprint density at radius 2 is 1.02 bits per heavy atom. The van der Waals surface area contributed by atoms with Crippen molar-refractivity contribution in [2.75, 3.05) is 0 Å². The number of para-hydroxylation sites is 1. The van der Waals surface area contributed by atoms with E-state index in [9.17, 15) is 0 Å². The second-order valence-corrected chi connectivity index (χ2v) is 12.3. The predicted octanol–water partition coefficient (Wildman–Crippen LogP) is 11.2. The van der Waals surface area contributed by atoms with Crippen molar-refractivity contribution < 1.29 is 0 Å². The van der Waals surface area contributed by atoms with Crippen LogP contribution in [0.15, 0.2) is 152 Å². The minimum Gasteiger partial charge on any atom is -0.247 e. The molecular formula is C41H25N3S. The topological polar surface area (TPSA) is 38.7 Å². The molecule has 0 spiro atoms. The SMILES string of the molecule is c1ccc(-c2cc(-c3ccc4sc5c(ccc6c(-c7ccccc7)nc7ccccc7c65)c4c3)nc(-c3ccccc3)n2)cc1. The Morgan fingerprint density at radius 1 is 0.400 bits per heavy atom. The molecule has 0 radical (unpaired) electrons. The zero-order chi connectivity index (χ0) is 29.7. The van der Waals surface area contributed by atoms with Gasteiger partial charge in [-0.25, -0.2) is 15.0 Å². The molecule has 0 unspecified atom stereocenters. The van der Waals surface area contributed by atoms with E-state index in [1.165, 1.54) is 36.3 Å². The zero-order valence-corrected chi connectivity index (χ0v) is 25.0. The maximum Gasteiger partial charge on any atom is 0.160 e. The first-order valence-electron chi connectivity index (χ1n) is 15.0. The lowest BCUT2D eigenvalue weighted by molar-refractivity contribution is 1.18. The Kier molecular flexibility index (Phi) is 6.00. The van der Waals surface area contributed by atoms with Crippen LogP contribution in [-0.2, 0) is 0 Å². The van der Waals surface area contributed by atoms with Gasteiger partial charge in [0.25, 0.3) is 0 Å². The number of nitrogens with zero attached hydrogens (tertiary/aromatic N) is 3. The summed E-state index contributed by atoms with van der Waals surface area (Å²) in [5, 5.41) is 6.10. The summed E-state index contributed by atoms with van der Waals surface area (Å²) in [6.07, 6.45) is 0. The second kappa shape index (κ2) is 10.5. The molecule has 0 atom stereocenters. The third-order valence-corrected chi connectivity index (χ3v) is 9.67. The van der Waals surface area contributed by atoms with Gasteiger partial charge in [0.1, 0.15) is 0 Å². The van der Waals surface area contributed by atoms with Crippen LogP contribution in [0.2, 0.25) is 0 Å². The van der Waals surface area contributed by atoms with Gasteiger partial charge in [0, 0.05) is 58.6 Å². The predicted molar refractivity (Wildman–Crippen MR) is 189 cm³/mol. The number of pyridine rings is 1. The van der Waals surface area contributed by atoms with Crippen molar-refractivity contribution in [2.45, 2.75) is 0 Å². The number of hydrogen-bond acceptors (Lipinski definition) is 4. The van der Waals surface area contributed by atoms with Crippen LogP contribution in [0, 0.1) is 0 Å². The Labute approximate surface area is 264 Å². The summed E-state index contributed by atoms with van der Waals surface area (Å²) in [5.41, 5.74) is 8.12. The molecule has 0 fully saturated rings. The fourth-order valence-corrected chi connectivity index (χ4v) is 7.56. The van der Waals surface area contributed by atoms with E-state index < -0.39 is 0 Å². The summed E-state index contributed by atoms with van der Waals surface area (Å²) in [7, 11) is 0. The summed E-state index contributed by atoms with van der Waals surface area (Å²) in [6, 6.07) is 52.9. The Balaban J connectivity index is 1.28. The molecule has 0 bridgehead atoms. The molecule has 0 saturated heterocycles. The summed E-state index contributed by atoms with van der Waals surface area (Å²) in [4.78, 5) is 15.2. The van der Waals surface area contributed by atoms with Crippen molar-refractivity contribution in [1.29, 1.82) is 0 Å².